The van der Waals surface area contributed by atoms with Crippen LogP contribution in [0.2, 0.25) is 0 Å². The Morgan fingerprint density at radius 2 is 2.11 bits per heavy atom. The lowest BCUT2D eigenvalue weighted by Crippen LogP contribution is -1.97. The molecule has 0 fully saturated rings. The lowest BCUT2D eigenvalue weighted by molar-refractivity contribution is 0.219. The highest BCUT2D eigenvalue weighted by molar-refractivity contribution is 4.97. The molecule has 1 atom stereocenters. The van der Waals surface area contributed by atoms with E-state index in [1.54, 1.807) is 0 Å². The zero-order valence-corrected chi connectivity index (χ0v) is 6.17. The van der Waals surface area contributed by atoms with E-state index >= 15 is 0 Å². The van der Waals surface area contributed by atoms with E-state index in [-0.39, 0.29) is 6.10 Å². The molecule has 1 unspecified atom stereocenters. The van der Waals surface area contributed by atoms with Gasteiger partial charge >= 0.3 is 0 Å². The van der Waals surface area contributed by atoms with E-state index in [1.807, 2.05) is 25.5 Å². The minimum Gasteiger partial charge on any atom is -0.389 e. The highest BCUT2D eigenvalue weighted by Crippen LogP contribution is 1.93. The Morgan fingerprint density at radius 3 is 2.56 bits per heavy atom. The molecule has 9 heavy (non-hydrogen) atoms. The maximum atomic E-state index is 8.98. The lowest BCUT2D eigenvalue weighted by atomic mass is 10.2. The van der Waals surface area contributed by atoms with Crippen LogP contribution in [0.5, 0.6) is 0 Å². The zero-order valence-electron chi connectivity index (χ0n) is 6.17. The van der Waals surface area contributed by atoms with Gasteiger partial charge in [-0.2, -0.15) is 0 Å². The summed E-state index contributed by atoms with van der Waals surface area (Å²) in [5, 5.41) is 8.98. The molecular weight excluding hydrogens is 112 g/mol. The van der Waals surface area contributed by atoms with E-state index in [9.17, 15) is 0 Å². The van der Waals surface area contributed by atoms with E-state index in [1.165, 1.54) is 0 Å². The van der Waals surface area contributed by atoms with Crippen LogP contribution in [0.3, 0.4) is 0 Å². The molecule has 0 saturated heterocycles. The fraction of sp³-hybridized carbons (Fsp3) is 0.625. The Labute approximate surface area is 57.4 Å². The standard InChI is InChI=1S/C8H15O/c1-3-5-6-7-8(9)4-2/h5-9H,3-4H2,1-2H3/b7-6+. The van der Waals surface area contributed by atoms with Gasteiger partial charge in [0, 0.05) is 0 Å². The first-order valence-electron chi connectivity index (χ1n) is 3.49. The molecular formula is C8H15O. The third kappa shape index (κ3) is 5.57. The normalized spacial score (nSPS) is 14.6. The van der Waals surface area contributed by atoms with Crippen molar-refractivity contribution in [1.82, 2.24) is 0 Å². The molecule has 0 saturated carbocycles. The summed E-state index contributed by atoms with van der Waals surface area (Å²) in [7, 11) is 0. The minimum atomic E-state index is -0.257. The second kappa shape index (κ2) is 5.83. The molecule has 0 aromatic rings. The third-order valence-electron chi connectivity index (χ3n) is 1.12. The topological polar surface area (TPSA) is 20.2 Å². The van der Waals surface area contributed by atoms with Gasteiger partial charge in [0.05, 0.1) is 6.10 Å². The molecule has 53 valence electrons. The van der Waals surface area contributed by atoms with Gasteiger partial charge in [0.1, 0.15) is 0 Å². The molecule has 1 N–H and O–H groups in total. The third-order valence-corrected chi connectivity index (χ3v) is 1.12. The Hall–Kier alpha value is -0.300. The van der Waals surface area contributed by atoms with Gasteiger partial charge in [-0.15, -0.1) is 0 Å². The molecule has 0 rings (SSSR count). The monoisotopic (exact) mass is 127 g/mol. The van der Waals surface area contributed by atoms with Gasteiger partial charge in [-0.05, 0) is 19.3 Å². The summed E-state index contributed by atoms with van der Waals surface area (Å²) in [5.41, 5.74) is 0. The van der Waals surface area contributed by atoms with Crippen LogP contribution in [0, 0.1) is 6.42 Å². The maximum absolute atomic E-state index is 8.98. The molecule has 0 aliphatic rings. The zero-order chi connectivity index (χ0) is 7.11. The van der Waals surface area contributed by atoms with Crippen LogP contribution in [0.4, 0.5) is 0 Å². The van der Waals surface area contributed by atoms with Crippen LogP contribution in [-0.2, 0) is 0 Å². The number of aliphatic hydroxyl groups excluding tert-OH is 1. The van der Waals surface area contributed by atoms with Crippen LogP contribution in [-0.4, -0.2) is 11.2 Å². The maximum Gasteiger partial charge on any atom is 0.0718 e. The van der Waals surface area contributed by atoms with Crippen molar-refractivity contribution in [3.63, 3.8) is 0 Å². The first-order valence-corrected chi connectivity index (χ1v) is 3.49. The molecule has 0 amide bonds. The van der Waals surface area contributed by atoms with Crippen LogP contribution < -0.4 is 0 Å². The molecule has 0 aliphatic carbocycles. The highest BCUT2D eigenvalue weighted by atomic mass is 16.3. The Bertz CT molecular complexity index is 76.6. The fourth-order valence-corrected chi connectivity index (χ4v) is 0.479. The number of unbranched alkanes of at least 4 members (excludes halogenated alkanes) is 1. The Morgan fingerprint density at radius 1 is 1.44 bits per heavy atom. The van der Waals surface area contributed by atoms with Gasteiger partial charge in [-0.1, -0.05) is 26.0 Å². The Balaban J connectivity index is 3.20. The smallest absolute Gasteiger partial charge is 0.0718 e. The van der Waals surface area contributed by atoms with E-state index in [2.05, 4.69) is 6.92 Å². The molecule has 0 aliphatic heterocycles. The van der Waals surface area contributed by atoms with Crippen LogP contribution >= 0.6 is 0 Å². The molecule has 1 nitrogen and oxygen atoms in total. The summed E-state index contributed by atoms with van der Waals surface area (Å²) in [5.74, 6) is 0. The molecule has 0 spiro atoms. The number of aliphatic hydroxyl groups is 1. The van der Waals surface area contributed by atoms with Crippen molar-refractivity contribution in [2.45, 2.75) is 32.8 Å². The van der Waals surface area contributed by atoms with Gasteiger partial charge in [-0.25, -0.2) is 0 Å². The van der Waals surface area contributed by atoms with Crippen LogP contribution in [0.25, 0.3) is 0 Å². The first kappa shape index (κ1) is 8.70. The fourth-order valence-electron chi connectivity index (χ4n) is 0.479. The molecule has 0 aromatic carbocycles. The van der Waals surface area contributed by atoms with Crippen LogP contribution in [0.15, 0.2) is 12.2 Å². The Kier molecular flexibility index (Phi) is 5.64. The van der Waals surface area contributed by atoms with Crippen molar-refractivity contribution >= 4 is 0 Å². The summed E-state index contributed by atoms with van der Waals surface area (Å²) in [6, 6.07) is 0. The number of rotatable bonds is 4. The second-order valence-corrected chi connectivity index (χ2v) is 2.00. The predicted molar refractivity (Wildman–Crippen MR) is 40.0 cm³/mol. The molecule has 0 bridgehead atoms. The van der Waals surface area contributed by atoms with Crippen molar-refractivity contribution in [1.29, 1.82) is 0 Å². The second-order valence-electron chi connectivity index (χ2n) is 2.00. The average molecular weight is 127 g/mol. The number of allylic oxidation sites excluding steroid dienone is 1. The van der Waals surface area contributed by atoms with Crippen LogP contribution in [0.1, 0.15) is 26.7 Å². The molecule has 0 heterocycles. The van der Waals surface area contributed by atoms with Gasteiger partial charge in [0.25, 0.3) is 0 Å². The van der Waals surface area contributed by atoms with E-state index in [4.69, 9.17) is 5.11 Å². The largest absolute Gasteiger partial charge is 0.389 e. The number of hydrogen-bond donors (Lipinski definition) is 1. The summed E-state index contributed by atoms with van der Waals surface area (Å²) in [6.07, 6.45) is 7.32. The molecule has 0 aromatic heterocycles. The summed E-state index contributed by atoms with van der Waals surface area (Å²) < 4.78 is 0. The van der Waals surface area contributed by atoms with Crippen molar-refractivity contribution < 1.29 is 5.11 Å². The predicted octanol–water partition coefficient (Wildman–Crippen LogP) is 1.93. The van der Waals surface area contributed by atoms with Crippen molar-refractivity contribution in [3.05, 3.63) is 18.6 Å². The lowest BCUT2D eigenvalue weighted by Gasteiger charge is -1.96. The SMILES string of the molecule is CC[CH]/C=C/C(O)CC. The van der Waals surface area contributed by atoms with Crippen molar-refractivity contribution in [3.8, 4) is 0 Å². The van der Waals surface area contributed by atoms with Crippen molar-refractivity contribution in [2.24, 2.45) is 0 Å². The van der Waals surface area contributed by atoms with Crippen molar-refractivity contribution in [2.75, 3.05) is 0 Å². The van der Waals surface area contributed by atoms with Gasteiger partial charge in [0.2, 0.25) is 0 Å². The van der Waals surface area contributed by atoms with E-state index in [0.717, 1.165) is 12.8 Å². The summed E-state index contributed by atoms with van der Waals surface area (Å²) >= 11 is 0. The van der Waals surface area contributed by atoms with Gasteiger partial charge in [-0.3, -0.25) is 0 Å². The highest BCUT2D eigenvalue weighted by Gasteiger charge is 1.89. The average Bonchev–Trinajstić information content (AvgIpc) is 1.89. The summed E-state index contributed by atoms with van der Waals surface area (Å²) in [4.78, 5) is 0. The van der Waals surface area contributed by atoms with E-state index in [0.29, 0.717) is 0 Å². The molecule has 1 radical (unpaired) electrons. The first-order chi connectivity index (χ1) is 4.31. The quantitative estimate of drug-likeness (QED) is 0.611. The summed E-state index contributed by atoms with van der Waals surface area (Å²) in [6.45, 7) is 4.03. The molecule has 1 heteroatoms. The van der Waals surface area contributed by atoms with E-state index < -0.39 is 0 Å². The minimum absolute atomic E-state index is 0.257. The van der Waals surface area contributed by atoms with Gasteiger partial charge in [0.15, 0.2) is 0 Å². The number of hydrogen-bond acceptors (Lipinski definition) is 1. The van der Waals surface area contributed by atoms with Gasteiger partial charge < -0.3 is 5.11 Å².